The smallest absolute Gasteiger partial charge is 0.409 e. The van der Waals surface area contributed by atoms with E-state index < -0.39 is 0 Å². The van der Waals surface area contributed by atoms with Gasteiger partial charge in [0.05, 0.1) is 24.9 Å². The average Bonchev–Trinajstić information content (AvgIpc) is 2.61. The van der Waals surface area contributed by atoms with Crippen LogP contribution in [0, 0.1) is 0 Å². The Kier molecular flexibility index (Phi) is 3.35. The van der Waals surface area contributed by atoms with Crippen molar-refractivity contribution in [2.24, 2.45) is 0 Å². The number of ether oxygens (including phenoxy) is 2. The molecule has 2 saturated heterocycles. The van der Waals surface area contributed by atoms with Gasteiger partial charge in [-0.3, -0.25) is 0 Å². The fourth-order valence-corrected chi connectivity index (χ4v) is 2.48. The predicted molar refractivity (Wildman–Crippen MR) is 57.1 cm³/mol. The summed E-state index contributed by atoms with van der Waals surface area (Å²) in [6, 6.07) is 0. The summed E-state index contributed by atoms with van der Waals surface area (Å²) in [6.07, 6.45) is 1.71. The SMILES string of the molecule is CCOC(=O)N1CCC2(CC1)CC(O)CO2. The quantitative estimate of drug-likeness (QED) is 0.721. The van der Waals surface area contributed by atoms with Crippen LogP contribution in [-0.4, -0.2) is 54.1 Å². The van der Waals surface area contributed by atoms with Gasteiger partial charge in [-0.05, 0) is 19.8 Å². The van der Waals surface area contributed by atoms with Gasteiger partial charge in [-0.15, -0.1) is 0 Å². The lowest BCUT2D eigenvalue weighted by Gasteiger charge is -2.37. The summed E-state index contributed by atoms with van der Waals surface area (Å²) < 4.78 is 10.6. The zero-order chi connectivity index (χ0) is 11.6. The van der Waals surface area contributed by atoms with Gasteiger partial charge in [0.2, 0.25) is 0 Å². The number of likely N-dealkylation sites (tertiary alicyclic amines) is 1. The molecule has 0 saturated carbocycles. The second-order valence-corrected chi connectivity index (χ2v) is 4.54. The third-order valence-corrected chi connectivity index (χ3v) is 3.39. The van der Waals surface area contributed by atoms with Crippen molar-refractivity contribution in [1.82, 2.24) is 4.90 Å². The molecule has 2 heterocycles. The van der Waals surface area contributed by atoms with Gasteiger partial charge in [0.1, 0.15) is 0 Å². The number of hydrogen-bond donors (Lipinski definition) is 1. The van der Waals surface area contributed by atoms with Crippen LogP contribution in [0.5, 0.6) is 0 Å². The maximum absolute atomic E-state index is 11.5. The maximum atomic E-state index is 11.5. The molecule has 5 heteroatoms. The Balaban J connectivity index is 1.85. The van der Waals surface area contributed by atoms with E-state index in [0.29, 0.717) is 32.7 Å². The van der Waals surface area contributed by atoms with Crippen LogP contribution in [0.1, 0.15) is 26.2 Å². The van der Waals surface area contributed by atoms with E-state index in [1.807, 2.05) is 0 Å². The lowest BCUT2D eigenvalue weighted by atomic mass is 9.88. The molecule has 0 bridgehead atoms. The van der Waals surface area contributed by atoms with Crippen LogP contribution < -0.4 is 0 Å². The summed E-state index contributed by atoms with van der Waals surface area (Å²) in [5.41, 5.74) is -0.192. The number of piperidine rings is 1. The molecule has 0 aliphatic carbocycles. The van der Waals surface area contributed by atoms with Crippen LogP contribution >= 0.6 is 0 Å². The number of aliphatic hydroxyl groups excluding tert-OH is 1. The van der Waals surface area contributed by atoms with E-state index >= 15 is 0 Å². The largest absolute Gasteiger partial charge is 0.450 e. The number of nitrogens with zero attached hydrogens (tertiary/aromatic N) is 1. The summed E-state index contributed by atoms with van der Waals surface area (Å²) in [5, 5.41) is 9.48. The molecule has 2 rings (SSSR count). The molecule has 0 aromatic heterocycles. The number of carbonyl (C=O) groups is 1. The first-order valence-corrected chi connectivity index (χ1v) is 5.89. The molecule has 2 aliphatic rings. The van der Waals surface area contributed by atoms with Crippen molar-refractivity contribution in [1.29, 1.82) is 0 Å². The highest BCUT2D eigenvalue weighted by Gasteiger charge is 2.43. The Morgan fingerprint density at radius 3 is 2.75 bits per heavy atom. The van der Waals surface area contributed by atoms with E-state index in [2.05, 4.69) is 0 Å². The fourth-order valence-electron chi connectivity index (χ4n) is 2.48. The Bertz CT molecular complexity index is 261. The maximum Gasteiger partial charge on any atom is 0.409 e. The minimum absolute atomic E-state index is 0.192. The van der Waals surface area contributed by atoms with E-state index in [-0.39, 0.29) is 17.8 Å². The van der Waals surface area contributed by atoms with Gasteiger partial charge in [0.25, 0.3) is 0 Å². The van der Waals surface area contributed by atoms with Crippen LogP contribution in [0.25, 0.3) is 0 Å². The molecule has 1 amide bonds. The molecular formula is C11H19NO4. The zero-order valence-electron chi connectivity index (χ0n) is 9.65. The average molecular weight is 229 g/mol. The van der Waals surface area contributed by atoms with E-state index in [1.165, 1.54) is 0 Å². The Morgan fingerprint density at radius 2 is 2.25 bits per heavy atom. The minimum Gasteiger partial charge on any atom is -0.450 e. The highest BCUT2D eigenvalue weighted by atomic mass is 16.6. The summed E-state index contributed by atoms with van der Waals surface area (Å²) in [4.78, 5) is 13.2. The Hall–Kier alpha value is -0.810. The second-order valence-electron chi connectivity index (χ2n) is 4.54. The van der Waals surface area contributed by atoms with Gasteiger partial charge in [-0.25, -0.2) is 4.79 Å². The first kappa shape index (κ1) is 11.7. The normalized spacial score (nSPS) is 28.4. The van der Waals surface area contributed by atoms with Gasteiger partial charge in [-0.2, -0.15) is 0 Å². The monoisotopic (exact) mass is 229 g/mol. The molecule has 5 nitrogen and oxygen atoms in total. The minimum atomic E-state index is -0.339. The fraction of sp³-hybridized carbons (Fsp3) is 0.909. The van der Waals surface area contributed by atoms with Gasteiger partial charge in [0, 0.05) is 19.5 Å². The number of amides is 1. The molecule has 0 radical (unpaired) electrons. The van der Waals surface area contributed by atoms with E-state index in [4.69, 9.17) is 9.47 Å². The molecule has 16 heavy (non-hydrogen) atoms. The van der Waals surface area contributed by atoms with Gasteiger partial charge >= 0.3 is 6.09 Å². The van der Waals surface area contributed by atoms with Crippen molar-refractivity contribution in [3.05, 3.63) is 0 Å². The molecule has 2 fully saturated rings. The molecule has 0 aromatic carbocycles. The van der Waals surface area contributed by atoms with Crippen LogP contribution in [-0.2, 0) is 9.47 Å². The highest BCUT2D eigenvalue weighted by molar-refractivity contribution is 5.67. The first-order chi connectivity index (χ1) is 7.65. The van der Waals surface area contributed by atoms with E-state index in [0.717, 1.165) is 12.8 Å². The van der Waals surface area contributed by atoms with Crippen molar-refractivity contribution in [3.8, 4) is 0 Å². The third-order valence-electron chi connectivity index (χ3n) is 3.39. The van der Waals surface area contributed by atoms with Gasteiger partial charge in [0.15, 0.2) is 0 Å². The summed E-state index contributed by atoms with van der Waals surface area (Å²) >= 11 is 0. The van der Waals surface area contributed by atoms with Crippen molar-refractivity contribution in [2.45, 2.75) is 37.9 Å². The molecule has 2 aliphatic heterocycles. The molecule has 1 spiro atoms. The zero-order valence-corrected chi connectivity index (χ0v) is 9.65. The highest BCUT2D eigenvalue weighted by Crippen LogP contribution is 2.35. The van der Waals surface area contributed by atoms with E-state index in [9.17, 15) is 9.90 Å². The summed E-state index contributed by atoms with van der Waals surface area (Å²) in [6.45, 7) is 3.96. The van der Waals surface area contributed by atoms with Crippen molar-refractivity contribution in [2.75, 3.05) is 26.3 Å². The van der Waals surface area contributed by atoms with Gasteiger partial charge < -0.3 is 19.5 Å². The molecule has 1 N–H and O–H groups in total. The van der Waals surface area contributed by atoms with E-state index in [1.54, 1.807) is 11.8 Å². The molecule has 1 unspecified atom stereocenters. The predicted octanol–water partition coefficient (Wildman–Crippen LogP) is 0.759. The molecular weight excluding hydrogens is 210 g/mol. The number of aliphatic hydroxyl groups is 1. The summed E-state index contributed by atoms with van der Waals surface area (Å²) in [7, 11) is 0. The molecule has 1 atom stereocenters. The standard InChI is InChI=1S/C11H19NO4/c1-2-15-10(14)12-5-3-11(4-6-12)7-9(13)8-16-11/h9,13H,2-8H2,1H3. The topological polar surface area (TPSA) is 59.0 Å². The van der Waals surface area contributed by atoms with Gasteiger partial charge in [-0.1, -0.05) is 0 Å². The second kappa shape index (κ2) is 4.59. The first-order valence-electron chi connectivity index (χ1n) is 5.89. The summed E-state index contributed by atoms with van der Waals surface area (Å²) in [5.74, 6) is 0. The third kappa shape index (κ3) is 2.30. The van der Waals surface area contributed by atoms with Crippen molar-refractivity contribution in [3.63, 3.8) is 0 Å². The molecule has 92 valence electrons. The van der Waals surface area contributed by atoms with Crippen molar-refractivity contribution >= 4 is 6.09 Å². The van der Waals surface area contributed by atoms with Crippen LogP contribution in [0.2, 0.25) is 0 Å². The van der Waals surface area contributed by atoms with Crippen LogP contribution in [0.3, 0.4) is 0 Å². The van der Waals surface area contributed by atoms with Crippen molar-refractivity contribution < 1.29 is 19.4 Å². The number of rotatable bonds is 1. The Morgan fingerprint density at radius 1 is 1.56 bits per heavy atom. The molecule has 0 aromatic rings. The lowest BCUT2D eigenvalue weighted by Crippen LogP contribution is -2.46. The van der Waals surface area contributed by atoms with Crippen LogP contribution in [0.15, 0.2) is 0 Å². The van der Waals surface area contributed by atoms with Crippen LogP contribution in [0.4, 0.5) is 4.79 Å². The lowest BCUT2D eigenvalue weighted by molar-refractivity contribution is -0.0423. The number of carbonyl (C=O) groups excluding carboxylic acids is 1. The Labute approximate surface area is 95.3 Å². The number of hydrogen-bond acceptors (Lipinski definition) is 4.